The Balaban J connectivity index is 1.99. The van der Waals surface area contributed by atoms with Gasteiger partial charge in [-0.2, -0.15) is 13.2 Å². The zero-order valence-electron chi connectivity index (χ0n) is 10.7. The smallest absolute Gasteiger partial charge is 0.340 e. The first-order valence-electron chi connectivity index (χ1n) is 6.19. The van der Waals surface area contributed by atoms with E-state index in [9.17, 15) is 18.0 Å². The Labute approximate surface area is 109 Å². The lowest BCUT2D eigenvalue weighted by Gasteiger charge is -2.32. The molecule has 1 unspecified atom stereocenters. The van der Waals surface area contributed by atoms with Crippen LogP contribution in [-0.4, -0.2) is 39.6 Å². The summed E-state index contributed by atoms with van der Waals surface area (Å²) in [7, 11) is 1.74. The molecular formula is C12H16F3N3O. The molecule has 1 aromatic heterocycles. The highest BCUT2D eigenvalue weighted by atomic mass is 19.4. The van der Waals surface area contributed by atoms with E-state index in [4.69, 9.17) is 0 Å². The number of nitrogens with zero attached hydrogens (tertiary/aromatic N) is 3. The zero-order chi connectivity index (χ0) is 14.0. The average Bonchev–Trinajstić information content (AvgIpc) is 2.73. The van der Waals surface area contributed by atoms with Gasteiger partial charge in [-0.15, -0.1) is 0 Å². The molecule has 1 amide bonds. The number of halogens is 3. The second-order valence-corrected chi connectivity index (χ2v) is 5.00. The second kappa shape index (κ2) is 5.22. The van der Waals surface area contributed by atoms with E-state index >= 15 is 0 Å². The third-order valence-corrected chi connectivity index (χ3v) is 3.25. The molecule has 0 aromatic carbocycles. The first-order valence-corrected chi connectivity index (χ1v) is 6.19. The van der Waals surface area contributed by atoms with E-state index in [2.05, 4.69) is 4.98 Å². The van der Waals surface area contributed by atoms with Crippen molar-refractivity contribution in [3.05, 3.63) is 18.2 Å². The predicted octanol–water partition coefficient (Wildman–Crippen LogP) is 2.22. The molecule has 0 spiro atoms. The molecule has 0 radical (unpaired) electrons. The molecule has 0 saturated carbocycles. The number of hydrogen-bond acceptors (Lipinski definition) is 2. The fourth-order valence-corrected chi connectivity index (χ4v) is 2.43. The van der Waals surface area contributed by atoms with Crippen molar-refractivity contribution in [1.82, 2.24) is 14.5 Å². The molecule has 106 valence electrons. The molecule has 4 nitrogen and oxygen atoms in total. The normalized spacial score (nSPS) is 20.6. The minimum atomic E-state index is -4.16. The van der Waals surface area contributed by atoms with Crippen LogP contribution in [0.4, 0.5) is 13.2 Å². The van der Waals surface area contributed by atoms with Gasteiger partial charge < -0.3 is 9.47 Å². The average molecular weight is 275 g/mol. The molecule has 2 heterocycles. The first kappa shape index (κ1) is 13.9. The predicted molar refractivity (Wildman–Crippen MR) is 62.5 cm³/mol. The molecule has 1 aliphatic rings. The van der Waals surface area contributed by atoms with Gasteiger partial charge in [0.2, 0.25) is 0 Å². The Kier molecular flexibility index (Phi) is 3.82. The SMILES string of the molecule is Cn1cnc(C(=O)N2CCCC(CC(F)(F)F)C2)c1. The number of amides is 1. The molecule has 0 bridgehead atoms. The molecule has 1 aromatic rings. The summed E-state index contributed by atoms with van der Waals surface area (Å²) in [6.07, 6.45) is -0.772. The molecule has 1 fully saturated rings. The van der Waals surface area contributed by atoms with E-state index in [1.54, 1.807) is 17.8 Å². The van der Waals surface area contributed by atoms with E-state index in [0.29, 0.717) is 19.4 Å². The highest BCUT2D eigenvalue weighted by molar-refractivity contribution is 5.92. The molecule has 1 aliphatic heterocycles. The lowest BCUT2D eigenvalue weighted by Crippen LogP contribution is -2.41. The number of carbonyl (C=O) groups is 1. The van der Waals surface area contributed by atoms with E-state index in [1.807, 2.05) is 0 Å². The number of aryl methyl sites for hydroxylation is 1. The molecule has 0 N–H and O–H groups in total. The summed E-state index contributed by atoms with van der Waals surface area (Å²) < 4.78 is 38.8. The van der Waals surface area contributed by atoms with Crippen LogP contribution in [0.5, 0.6) is 0 Å². The summed E-state index contributed by atoms with van der Waals surface area (Å²) in [4.78, 5) is 17.5. The molecule has 1 saturated heterocycles. The maximum atomic E-state index is 12.4. The third-order valence-electron chi connectivity index (χ3n) is 3.25. The van der Waals surface area contributed by atoms with Gasteiger partial charge in [0.1, 0.15) is 5.69 Å². The number of aromatic nitrogens is 2. The standard InChI is InChI=1S/C12H16F3N3O/c1-17-7-10(16-8-17)11(19)18-4-2-3-9(6-18)5-12(13,14)15/h7-9H,2-6H2,1H3. The van der Waals surface area contributed by atoms with Crippen molar-refractivity contribution >= 4 is 5.91 Å². The summed E-state index contributed by atoms with van der Waals surface area (Å²) >= 11 is 0. The van der Waals surface area contributed by atoms with E-state index in [1.165, 1.54) is 11.2 Å². The van der Waals surface area contributed by atoms with Gasteiger partial charge >= 0.3 is 6.18 Å². The minimum Gasteiger partial charge on any atom is -0.340 e. The van der Waals surface area contributed by atoms with Gasteiger partial charge in [-0.3, -0.25) is 4.79 Å². The molecule has 7 heteroatoms. The largest absolute Gasteiger partial charge is 0.389 e. The summed E-state index contributed by atoms with van der Waals surface area (Å²) in [5.74, 6) is -0.783. The van der Waals surface area contributed by atoms with Crippen LogP contribution >= 0.6 is 0 Å². The monoisotopic (exact) mass is 275 g/mol. The number of carbonyl (C=O) groups excluding carboxylic acids is 1. The Morgan fingerprint density at radius 2 is 2.26 bits per heavy atom. The Morgan fingerprint density at radius 3 is 2.84 bits per heavy atom. The van der Waals surface area contributed by atoms with Crippen LogP contribution in [0.15, 0.2) is 12.5 Å². The van der Waals surface area contributed by atoms with E-state index < -0.39 is 18.5 Å². The van der Waals surface area contributed by atoms with Crippen LogP contribution in [-0.2, 0) is 7.05 Å². The summed E-state index contributed by atoms with van der Waals surface area (Å²) in [6, 6.07) is 0. The summed E-state index contributed by atoms with van der Waals surface area (Å²) in [5.41, 5.74) is 0.287. The maximum Gasteiger partial charge on any atom is 0.389 e. The van der Waals surface area contributed by atoms with Crippen molar-refractivity contribution in [1.29, 1.82) is 0 Å². The van der Waals surface area contributed by atoms with Crippen LogP contribution in [0, 0.1) is 5.92 Å². The molecule has 19 heavy (non-hydrogen) atoms. The number of imidazole rings is 1. The number of likely N-dealkylation sites (tertiary alicyclic amines) is 1. The van der Waals surface area contributed by atoms with Crippen LogP contribution in [0.3, 0.4) is 0 Å². The van der Waals surface area contributed by atoms with Gasteiger partial charge in [0.05, 0.1) is 6.33 Å². The van der Waals surface area contributed by atoms with E-state index in [0.717, 1.165) is 0 Å². The molecule has 2 rings (SSSR count). The highest BCUT2D eigenvalue weighted by Crippen LogP contribution is 2.30. The van der Waals surface area contributed by atoms with Crippen molar-refractivity contribution in [2.24, 2.45) is 13.0 Å². The van der Waals surface area contributed by atoms with Crippen LogP contribution in [0.1, 0.15) is 29.8 Å². The number of piperidine rings is 1. The van der Waals surface area contributed by atoms with Crippen molar-refractivity contribution < 1.29 is 18.0 Å². The number of hydrogen-bond donors (Lipinski definition) is 0. The van der Waals surface area contributed by atoms with Gasteiger partial charge in [-0.25, -0.2) is 4.98 Å². The fraction of sp³-hybridized carbons (Fsp3) is 0.667. The number of alkyl halides is 3. The quantitative estimate of drug-likeness (QED) is 0.830. The van der Waals surface area contributed by atoms with Gasteiger partial charge in [-0.1, -0.05) is 0 Å². The molecular weight excluding hydrogens is 259 g/mol. The Morgan fingerprint density at radius 1 is 1.53 bits per heavy atom. The van der Waals surface area contributed by atoms with Gasteiger partial charge in [0.15, 0.2) is 0 Å². The van der Waals surface area contributed by atoms with Crippen LogP contribution in [0.25, 0.3) is 0 Å². The van der Waals surface area contributed by atoms with Crippen molar-refractivity contribution in [2.75, 3.05) is 13.1 Å². The fourth-order valence-electron chi connectivity index (χ4n) is 2.43. The summed E-state index contributed by atoms with van der Waals surface area (Å²) in [5, 5.41) is 0. The van der Waals surface area contributed by atoms with Crippen LogP contribution in [0.2, 0.25) is 0 Å². The van der Waals surface area contributed by atoms with Gasteiger partial charge in [0.25, 0.3) is 5.91 Å². The van der Waals surface area contributed by atoms with Gasteiger partial charge in [0, 0.05) is 32.8 Å². The minimum absolute atomic E-state index is 0.162. The van der Waals surface area contributed by atoms with Crippen molar-refractivity contribution in [3.63, 3.8) is 0 Å². The molecule has 0 aliphatic carbocycles. The lowest BCUT2D eigenvalue weighted by molar-refractivity contribution is -0.147. The highest BCUT2D eigenvalue weighted by Gasteiger charge is 2.35. The van der Waals surface area contributed by atoms with Gasteiger partial charge in [-0.05, 0) is 18.8 Å². The van der Waals surface area contributed by atoms with Crippen molar-refractivity contribution in [2.45, 2.75) is 25.4 Å². The zero-order valence-corrected chi connectivity index (χ0v) is 10.7. The summed E-state index contributed by atoms with van der Waals surface area (Å²) in [6.45, 7) is 0.665. The maximum absolute atomic E-state index is 12.4. The van der Waals surface area contributed by atoms with Crippen LogP contribution < -0.4 is 0 Å². The number of rotatable bonds is 2. The topological polar surface area (TPSA) is 38.1 Å². The third kappa shape index (κ3) is 3.71. The second-order valence-electron chi connectivity index (χ2n) is 5.00. The lowest BCUT2D eigenvalue weighted by atomic mass is 9.94. The Bertz CT molecular complexity index is 455. The van der Waals surface area contributed by atoms with Crippen molar-refractivity contribution in [3.8, 4) is 0 Å². The van der Waals surface area contributed by atoms with E-state index in [-0.39, 0.29) is 18.1 Å². The molecule has 1 atom stereocenters. The Hall–Kier alpha value is -1.53. The first-order chi connectivity index (χ1) is 8.85.